The van der Waals surface area contributed by atoms with Gasteiger partial charge in [0.25, 0.3) is 0 Å². The van der Waals surface area contributed by atoms with Crippen molar-refractivity contribution in [3.05, 3.63) is 5.01 Å². The molecule has 1 unspecified atom stereocenters. The lowest BCUT2D eigenvalue weighted by molar-refractivity contribution is 0.249. The van der Waals surface area contributed by atoms with Gasteiger partial charge in [0.15, 0.2) is 0 Å². The van der Waals surface area contributed by atoms with E-state index in [9.17, 15) is 0 Å². The second-order valence-electron chi connectivity index (χ2n) is 4.15. The van der Waals surface area contributed by atoms with Crippen LogP contribution in [0.1, 0.15) is 17.8 Å². The third-order valence-corrected chi connectivity index (χ3v) is 3.87. The molecule has 1 fully saturated rings. The number of anilines is 1. The van der Waals surface area contributed by atoms with Gasteiger partial charge in [0, 0.05) is 20.2 Å². The summed E-state index contributed by atoms with van der Waals surface area (Å²) in [4.78, 5) is 2.39. The molecule has 6 heteroatoms. The Labute approximate surface area is 99.5 Å². The Balaban J connectivity index is 1.82. The van der Waals surface area contributed by atoms with Gasteiger partial charge in [0.05, 0.1) is 6.54 Å². The molecule has 2 heterocycles. The maximum absolute atomic E-state index is 8.89. The normalized spacial score (nSPS) is 21.5. The van der Waals surface area contributed by atoms with E-state index in [2.05, 4.69) is 20.4 Å². The first-order valence-electron chi connectivity index (χ1n) is 5.65. The van der Waals surface area contributed by atoms with E-state index in [0.717, 1.165) is 36.2 Å². The van der Waals surface area contributed by atoms with Crippen molar-refractivity contribution in [3.8, 4) is 0 Å². The lowest BCUT2D eigenvalue weighted by Crippen LogP contribution is -2.20. The Morgan fingerprint density at radius 1 is 1.56 bits per heavy atom. The molecule has 1 aromatic rings. The van der Waals surface area contributed by atoms with Gasteiger partial charge in [-0.3, -0.25) is 4.90 Å². The van der Waals surface area contributed by atoms with Gasteiger partial charge in [0.1, 0.15) is 5.01 Å². The Morgan fingerprint density at radius 3 is 3.12 bits per heavy atom. The highest BCUT2D eigenvalue weighted by Crippen LogP contribution is 2.23. The van der Waals surface area contributed by atoms with E-state index in [0.29, 0.717) is 12.5 Å². The zero-order chi connectivity index (χ0) is 11.4. The van der Waals surface area contributed by atoms with Gasteiger partial charge in [-0.25, -0.2) is 0 Å². The first-order valence-corrected chi connectivity index (χ1v) is 6.47. The van der Waals surface area contributed by atoms with Crippen molar-refractivity contribution in [3.63, 3.8) is 0 Å². The highest BCUT2D eigenvalue weighted by Gasteiger charge is 2.22. The highest BCUT2D eigenvalue weighted by atomic mass is 32.1. The van der Waals surface area contributed by atoms with Gasteiger partial charge in [0.2, 0.25) is 5.13 Å². The molecule has 0 spiro atoms. The number of nitrogens with zero attached hydrogens (tertiary/aromatic N) is 3. The largest absolute Gasteiger partial charge is 0.396 e. The molecule has 0 amide bonds. The molecule has 90 valence electrons. The minimum Gasteiger partial charge on any atom is -0.396 e. The van der Waals surface area contributed by atoms with Crippen LogP contribution in [0.4, 0.5) is 5.13 Å². The Kier molecular flexibility index (Phi) is 4.09. The van der Waals surface area contributed by atoms with Gasteiger partial charge < -0.3 is 10.4 Å². The number of nitrogens with one attached hydrogen (secondary N) is 1. The van der Waals surface area contributed by atoms with Crippen LogP contribution in [0.15, 0.2) is 0 Å². The number of aromatic nitrogens is 2. The number of likely N-dealkylation sites (tertiary alicyclic amines) is 1. The number of hydrogen-bond donors (Lipinski definition) is 2. The number of aliphatic hydroxyl groups excluding tert-OH is 1. The highest BCUT2D eigenvalue weighted by molar-refractivity contribution is 7.15. The van der Waals surface area contributed by atoms with Crippen molar-refractivity contribution in [2.24, 2.45) is 5.92 Å². The fraction of sp³-hybridized carbons (Fsp3) is 0.800. The van der Waals surface area contributed by atoms with Crippen LogP contribution >= 0.6 is 11.3 Å². The number of aliphatic hydroxyl groups is 1. The topological polar surface area (TPSA) is 61.3 Å². The van der Waals surface area contributed by atoms with Gasteiger partial charge in [-0.1, -0.05) is 11.3 Å². The van der Waals surface area contributed by atoms with E-state index in [1.54, 1.807) is 11.3 Å². The summed E-state index contributed by atoms with van der Waals surface area (Å²) in [5.41, 5.74) is 0. The van der Waals surface area contributed by atoms with E-state index in [1.807, 2.05) is 7.05 Å². The van der Waals surface area contributed by atoms with Crippen LogP contribution in [0.2, 0.25) is 0 Å². The molecule has 16 heavy (non-hydrogen) atoms. The standard InChI is InChI=1S/C10H18N4OS/c1-11-10-13-12-9(16-10)7-14-4-2-8(6-14)3-5-15/h8,15H,2-7H2,1H3,(H,11,13). The summed E-state index contributed by atoms with van der Waals surface area (Å²) in [5, 5.41) is 22.0. The van der Waals surface area contributed by atoms with E-state index >= 15 is 0 Å². The third-order valence-electron chi connectivity index (χ3n) is 2.95. The molecule has 0 aliphatic carbocycles. The second kappa shape index (κ2) is 5.56. The van der Waals surface area contributed by atoms with Gasteiger partial charge in [-0.2, -0.15) is 0 Å². The quantitative estimate of drug-likeness (QED) is 0.799. The van der Waals surface area contributed by atoms with Crippen molar-refractivity contribution in [2.45, 2.75) is 19.4 Å². The molecule has 0 saturated carbocycles. The van der Waals surface area contributed by atoms with Gasteiger partial charge in [-0.05, 0) is 25.3 Å². The minimum absolute atomic E-state index is 0.307. The summed E-state index contributed by atoms with van der Waals surface area (Å²) in [6.45, 7) is 3.39. The number of rotatable bonds is 5. The van der Waals surface area contributed by atoms with Crippen molar-refractivity contribution in [1.82, 2.24) is 15.1 Å². The summed E-state index contributed by atoms with van der Waals surface area (Å²) in [6, 6.07) is 0. The smallest absolute Gasteiger partial charge is 0.205 e. The molecule has 5 nitrogen and oxygen atoms in total. The molecule has 1 saturated heterocycles. The monoisotopic (exact) mass is 242 g/mol. The van der Waals surface area contributed by atoms with E-state index in [-0.39, 0.29) is 0 Å². The molecular formula is C10H18N4OS. The van der Waals surface area contributed by atoms with Crippen LogP contribution in [0.3, 0.4) is 0 Å². The van der Waals surface area contributed by atoms with Crippen molar-refractivity contribution in [1.29, 1.82) is 0 Å². The van der Waals surface area contributed by atoms with Crippen LogP contribution in [0, 0.1) is 5.92 Å². The summed E-state index contributed by atoms with van der Waals surface area (Å²) >= 11 is 1.61. The van der Waals surface area contributed by atoms with E-state index < -0.39 is 0 Å². The Hall–Kier alpha value is -0.720. The van der Waals surface area contributed by atoms with Gasteiger partial charge >= 0.3 is 0 Å². The van der Waals surface area contributed by atoms with Crippen molar-refractivity contribution < 1.29 is 5.11 Å². The zero-order valence-corrected chi connectivity index (χ0v) is 10.3. The predicted octanol–water partition coefficient (Wildman–Crippen LogP) is 0.784. The predicted molar refractivity (Wildman–Crippen MR) is 64.5 cm³/mol. The average molecular weight is 242 g/mol. The van der Waals surface area contributed by atoms with Crippen LogP contribution in [-0.2, 0) is 6.54 Å². The average Bonchev–Trinajstić information content (AvgIpc) is 2.89. The van der Waals surface area contributed by atoms with Crippen LogP contribution < -0.4 is 5.32 Å². The lowest BCUT2D eigenvalue weighted by atomic mass is 10.1. The summed E-state index contributed by atoms with van der Waals surface area (Å²) in [5.74, 6) is 0.654. The maximum atomic E-state index is 8.89. The van der Waals surface area contributed by atoms with Crippen molar-refractivity contribution in [2.75, 3.05) is 32.1 Å². The molecule has 0 radical (unpaired) electrons. The van der Waals surface area contributed by atoms with Crippen LogP contribution in [-0.4, -0.2) is 46.9 Å². The van der Waals surface area contributed by atoms with Crippen molar-refractivity contribution >= 4 is 16.5 Å². The molecule has 0 aromatic carbocycles. The summed E-state index contributed by atoms with van der Waals surface area (Å²) in [6.07, 6.45) is 2.12. The molecule has 0 bridgehead atoms. The SMILES string of the molecule is CNc1nnc(CN2CCC(CCO)C2)s1. The molecule has 2 N–H and O–H groups in total. The molecule has 1 aliphatic heterocycles. The zero-order valence-electron chi connectivity index (χ0n) is 9.52. The summed E-state index contributed by atoms with van der Waals surface area (Å²) in [7, 11) is 1.86. The summed E-state index contributed by atoms with van der Waals surface area (Å²) < 4.78 is 0. The fourth-order valence-corrected chi connectivity index (χ4v) is 2.82. The van der Waals surface area contributed by atoms with Gasteiger partial charge in [-0.15, -0.1) is 10.2 Å². The Bertz CT molecular complexity index is 330. The molecule has 2 rings (SSSR count). The van der Waals surface area contributed by atoms with E-state index in [4.69, 9.17) is 5.11 Å². The van der Waals surface area contributed by atoms with E-state index in [1.165, 1.54) is 6.42 Å². The lowest BCUT2D eigenvalue weighted by Gasteiger charge is -2.13. The fourth-order valence-electron chi connectivity index (χ4n) is 2.08. The number of hydrogen-bond acceptors (Lipinski definition) is 6. The molecular weight excluding hydrogens is 224 g/mol. The maximum Gasteiger partial charge on any atom is 0.205 e. The van der Waals surface area contributed by atoms with Crippen LogP contribution in [0.25, 0.3) is 0 Å². The first kappa shape index (κ1) is 11.8. The molecule has 1 atom stereocenters. The molecule has 1 aliphatic rings. The molecule has 1 aromatic heterocycles. The first-order chi connectivity index (χ1) is 7.81. The second-order valence-corrected chi connectivity index (χ2v) is 5.22. The third kappa shape index (κ3) is 2.90. The minimum atomic E-state index is 0.307. The Morgan fingerprint density at radius 2 is 2.44 bits per heavy atom. The van der Waals surface area contributed by atoms with Crippen LogP contribution in [0.5, 0.6) is 0 Å².